The second kappa shape index (κ2) is 9.18. The molecule has 0 aromatic carbocycles. The standard InChI is InChI=1S/C17H24N4O3S2/c1-6-8-21-12(7-2)19-20-17(21)25-9-13(22)18-15-14(16(23)24-5)10(3)11(4)26-15/h6-9H2,1-5H3,(H,18,22). The zero-order valence-electron chi connectivity index (χ0n) is 15.7. The van der Waals surface area contributed by atoms with Crippen molar-refractivity contribution in [3.8, 4) is 0 Å². The van der Waals surface area contributed by atoms with Gasteiger partial charge in [0.05, 0.1) is 18.4 Å². The largest absolute Gasteiger partial charge is 0.465 e. The number of hydrogen-bond donors (Lipinski definition) is 1. The van der Waals surface area contributed by atoms with Crippen LogP contribution in [0.1, 0.15) is 46.9 Å². The topological polar surface area (TPSA) is 86.1 Å². The van der Waals surface area contributed by atoms with Crippen LogP contribution in [0.2, 0.25) is 0 Å². The van der Waals surface area contributed by atoms with Gasteiger partial charge < -0.3 is 14.6 Å². The van der Waals surface area contributed by atoms with E-state index in [-0.39, 0.29) is 11.7 Å². The Kier molecular flexibility index (Phi) is 7.22. The number of carbonyl (C=O) groups is 2. The van der Waals surface area contributed by atoms with Gasteiger partial charge in [0.15, 0.2) is 5.16 Å². The monoisotopic (exact) mass is 396 g/mol. The van der Waals surface area contributed by atoms with Crippen LogP contribution in [0, 0.1) is 13.8 Å². The summed E-state index contributed by atoms with van der Waals surface area (Å²) in [5.41, 5.74) is 1.26. The van der Waals surface area contributed by atoms with Crippen molar-refractivity contribution in [2.75, 3.05) is 18.2 Å². The molecule has 0 aliphatic carbocycles. The van der Waals surface area contributed by atoms with E-state index in [2.05, 4.69) is 27.0 Å². The average Bonchev–Trinajstić information content (AvgIpc) is 3.13. The van der Waals surface area contributed by atoms with Crippen LogP contribution < -0.4 is 5.32 Å². The first kappa shape index (κ1) is 20.4. The lowest BCUT2D eigenvalue weighted by molar-refractivity contribution is -0.113. The fourth-order valence-electron chi connectivity index (χ4n) is 2.49. The second-order valence-corrected chi connectivity index (χ2v) is 7.89. The lowest BCUT2D eigenvalue weighted by atomic mass is 10.1. The third-order valence-electron chi connectivity index (χ3n) is 3.92. The fourth-order valence-corrected chi connectivity index (χ4v) is 4.34. The van der Waals surface area contributed by atoms with Crippen molar-refractivity contribution in [2.45, 2.75) is 52.2 Å². The average molecular weight is 397 g/mol. The molecule has 1 amide bonds. The summed E-state index contributed by atoms with van der Waals surface area (Å²) in [6, 6.07) is 0. The number of esters is 1. The molecule has 1 N–H and O–H groups in total. The Balaban J connectivity index is 2.08. The summed E-state index contributed by atoms with van der Waals surface area (Å²) in [4.78, 5) is 25.3. The number of amides is 1. The minimum Gasteiger partial charge on any atom is -0.465 e. The molecule has 26 heavy (non-hydrogen) atoms. The highest BCUT2D eigenvalue weighted by molar-refractivity contribution is 7.99. The van der Waals surface area contributed by atoms with Crippen molar-refractivity contribution < 1.29 is 14.3 Å². The van der Waals surface area contributed by atoms with Gasteiger partial charge in [-0.2, -0.15) is 0 Å². The van der Waals surface area contributed by atoms with Crippen LogP contribution in [0.4, 0.5) is 5.00 Å². The van der Waals surface area contributed by atoms with Crippen LogP contribution in [0.3, 0.4) is 0 Å². The van der Waals surface area contributed by atoms with Crippen LogP contribution in [0.15, 0.2) is 5.16 Å². The number of hydrogen-bond acceptors (Lipinski definition) is 7. The number of thioether (sulfide) groups is 1. The van der Waals surface area contributed by atoms with E-state index in [1.165, 1.54) is 30.2 Å². The van der Waals surface area contributed by atoms with E-state index in [0.29, 0.717) is 10.6 Å². The summed E-state index contributed by atoms with van der Waals surface area (Å²) in [5.74, 6) is 0.491. The van der Waals surface area contributed by atoms with Crippen LogP contribution in [-0.4, -0.2) is 39.5 Å². The number of carbonyl (C=O) groups excluding carboxylic acids is 2. The Bertz CT molecular complexity index is 798. The molecule has 9 heteroatoms. The maximum absolute atomic E-state index is 12.4. The minimum absolute atomic E-state index is 0.189. The molecule has 0 fully saturated rings. The molecule has 142 valence electrons. The van der Waals surface area contributed by atoms with Crippen molar-refractivity contribution >= 4 is 40.0 Å². The first-order valence-electron chi connectivity index (χ1n) is 8.45. The van der Waals surface area contributed by atoms with Crippen LogP contribution in [0.5, 0.6) is 0 Å². The van der Waals surface area contributed by atoms with Gasteiger partial charge in [-0.05, 0) is 25.8 Å². The molecule has 0 unspecified atom stereocenters. The predicted molar refractivity (Wildman–Crippen MR) is 104 cm³/mol. The number of thiophene rings is 1. The predicted octanol–water partition coefficient (Wildman–Crippen LogP) is 3.45. The van der Waals surface area contributed by atoms with E-state index >= 15 is 0 Å². The van der Waals surface area contributed by atoms with Crippen molar-refractivity contribution in [3.63, 3.8) is 0 Å². The number of methoxy groups -OCH3 is 1. The number of ether oxygens (including phenoxy) is 1. The highest BCUT2D eigenvalue weighted by Crippen LogP contribution is 2.33. The Morgan fingerprint density at radius 3 is 2.62 bits per heavy atom. The summed E-state index contributed by atoms with van der Waals surface area (Å²) in [5, 5.41) is 12.5. The molecule has 2 aromatic heterocycles. The van der Waals surface area contributed by atoms with Crippen molar-refractivity contribution in [1.29, 1.82) is 0 Å². The van der Waals surface area contributed by atoms with Gasteiger partial charge in [0.25, 0.3) is 0 Å². The molecule has 0 aliphatic rings. The van der Waals surface area contributed by atoms with Gasteiger partial charge in [-0.15, -0.1) is 21.5 Å². The lowest BCUT2D eigenvalue weighted by Gasteiger charge is -2.08. The van der Waals surface area contributed by atoms with Gasteiger partial charge in [0.2, 0.25) is 5.91 Å². The Labute approximate surface area is 161 Å². The number of aromatic nitrogens is 3. The van der Waals surface area contributed by atoms with E-state index in [1.807, 2.05) is 20.8 Å². The molecule has 2 aromatic rings. The summed E-state index contributed by atoms with van der Waals surface area (Å²) < 4.78 is 6.88. The van der Waals surface area contributed by atoms with E-state index in [0.717, 1.165) is 40.8 Å². The summed E-state index contributed by atoms with van der Waals surface area (Å²) in [6.45, 7) is 8.72. The third kappa shape index (κ3) is 4.45. The quantitative estimate of drug-likeness (QED) is 0.543. The Morgan fingerprint density at radius 1 is 1.27 bits per heavy atom. The molecule has 0 radical (unpaired) electrons. The van der Waals surface area contributed by atoms with Crippen LogP contribution in [0.25, 0.3) is 0 Å². The molecule has 0 atom stereocenters. The van der Waals surface area contributed by atoms with Crippen LogP contribution in [-0.2, 0) is 22.5 Å². The zero-order valence-corrected chi connectivity index (χ0v) is 17.3. The van der Waals surface area contributed by atoms with Crippen molar-refractivity contribution in [1.82, 2.24) is 14.8 Å². The molecule has 0 saturated heterocycles. The second-order valence-electron chi connectivity index (χ2n) is 5.72. The molecule has 7 nitrogen and oxygen atoms in total. The third-order valence-corrected chi connectivity index (χ3v) is 6.01. The van der Waals surface area contributed by atoms with Crippen molar-refractivity contribution in [3.05, 3.63) is 21.8 Å². The van der Waals surface area contributed by atoms with E-state index in [1.54, 1.807) is 0 Å². The molecule has 2 heterocycles. The normalized spacial score (nSPS) is 10.8. The molecular weight excluding hydrogens is 372 g/mol. The van der Waals surface area contributed by atoms with Gasteiger partial charge >= 0.3 is 5.97 Å². The molecule has 2 rings (SSSR count). The number of nitrogens with one attached hydrogen (secondary N) is 1. The van der Waals surface area contributed by atoms with Gasteiger partial charge in [-0.25, -0.2) is 4.79 Å². The number of anilines is 1. The minimum atomic E-state index is -0.440. The summed E-state index contributed by atoms with van der Waals surface area (Å²) in [7, 11) is 1.34. The first-order valence-corrected chi connectivity index (χ1v) is 10.3. The molecular formula is C17H24N4O3S2. The lowest BCUT2D eigenvalue weighted by Crippen LogP contribution is -2.16. The fraction of sp³-hybridized carbons (Fsp3) is 0.529. The van der Waals surface area contributed by atoms with Gasteiger partial charge in [0.1, 0.15) is 10.8 Å². The maximum Gasteiger partial charge on any atom is 0.341 e. The number of aryl methyl sites for hydroxylation is 2. The van der Waals surface area contributed by atoms with E-state index in [4.69, 9.17) is 4.74 Å². The SMILES string of the molecule is CCCn1c(CC)nnc1SCC(=O)Nc1sc(C)c(C)c1C(=O)OC. The van der Waals surface area contributed by atoms with Gasteiger partial charge in [-0.3, -0.25) is 4.79 Å². The zero-order chi connectivity index (χ0) is 19.3. The molecule has 0 spiro atoms. The number of nitrogens with zero attached hydrogens (tertiary/aromatic N) is 3. The highest BCUT2D eigenvalue weighted by atomic mass is 32.2. The molecule has 0 aliphatic heterocycles. The molecule has 0 bridgehead atoms. The number of rotatable bonds is 8. The smallest absolute Gasteiger partial charge is 0.341 e. The Hall–Kier alpha value is -1.87. The maximum atomic E-state index is 12.4. The van der Waals surface area contributed by atoms with Gasteiger partial charge in [0, 0.05) is 17.8 Å². The van der Waals surface area contributed by atoms with Crippen molar-refractivity contribution in [2.24, 2.45) is 0 Å². The highest BCUT2D eigenvalue weighted by Gasteiger charge is 2.22. The summed E-state index contributed by atoms with van der Waals surface area (Å²) >= 11 is 2.73. The van der Waals surface area contributed by atoms with Gasteiger partial charge in [-0.1, -0.05) is 25.6 Å². The summed E-state index contributed by atoms with van der Waals surface area (Å²) in [6.07, 6.45) is 1.77. The molecule has 0 saturated carbocycles. The Morgan fingerprint density at radius 2 is 2.00 bits per heavy atom. The van der Waals surface area contributed by atoms with E-state index in [9.17, 15) is 9.59 Å². The van der Waals surface area contributed by atoms with E-state index < -0.39 is 5.97 Å². The van der Waals surface area contributed by atoms with Crippen LogP contribution >= 0.6 is 23.1 Å². The first-order chi connectivity index (χ1) is 12.4.